The second-order valence-electron chi connectivity index (χ2n) is 8.65. The van der Waals surface area contributed by atoms with Gasteiger partial charge in [-0.15, -0.1) is 0 Å². The van der Waals surface area contributed by atoms with E-state index in [2.05, 4.69) is 37.9 Å². The van der Waals surface area contributed by atoms with Gasteiger partial charge in [0.1, 0.15) is 6.54 Å². The van der Waals surface area contributed by atoms with Crippen molar-refractivity contribution in [2.45, 2.75) is 34.2 Å². The summed E-state index contributed by atoms with van der Waals surface area (Å²) in [7, 11) is 0. The summed E-state index contributed by atoms with van der Waals surface area (Å²) >= 11 is 5.91. The number of halogens is 1. The number of rotatable bonds is 11. The first-order valence-electron chi connectivity index (χ1n) is 10.5. The van der Waals surface area contributed by atoms with E-state index in [4.69, 9.17) is 11.6 Å². The molecule has 162 valence electrons. The van der Waals surface area contributed by atoms with Crippen molar-refractivity contribution in [3.8, 4) is 0 Å². The van der Waals surface area contributed by atoms with Crippen molar-refractivity contribution in [3.05, 3.63) is 34.9 Å². The monoisotopic (exact) mass is 422 g/mol. The Labute approximate surface area is 180 Å². The van der Waals surface area contributed by atoms with E-state index >= 15 is 0 Å². The molecule has 1 fully saturated rings. The van der Waals surface area contributed by atoms with E-state index in [1.54, 1.807) is 9.80 Å². The third kappa shape index (κ3) is 8.23. The lowest BCUT2D eigenvalue weighted by Gasteiger charge is -2.26. The van der Waals surface area contributed by atoms with E-state index in [0.717, 1.165) is 25.2 Å². The minimum absolute atomic E-state index is 0.0867. The van der Waals surface area contributed by atoms with Crippen LogP contribution in [-0.2, 0) is 11.3 Å². The van der Waals surface area contributed by atoms with Gasteiger partial charge in [-0.2, -0.15) is 0 Å². The number of hydrogen-bond donors (Lipinski definition) is 1. The van der Waals surface area contributed by atoms with Crippen LogP contribution in [0.25, 0.3) is 0 Å². The first-order valence-corrected chi connectivity index (χ1v) is 10.9. The number of urea groups is 1. The van der Waals surface area contributed by atoms with Crippen molar-refractivity contribution >= 4 is 23.5 Å². The average Bonchev–Trinajstić information content (AvgIpc) is 2.96. The number of amides is 3. The molecular weight excluding hydrogens is 388 g/mol. The van der Waals surface area contributed by atoms with Gasteiger partial charge in [0.15, 0.2) is 0 Å². The summed E-state index contributed by atoms with van der Waals surface area (Å²) in [6, 6.07) is 7.40. The highest BCUT2D eigenvalue weighted by Crippen LogP contribution is 2.15. The summed E-state index contributed by atoms with van der Waals surface area (Å²) in [5, 5.41) is 3.65. The van der Waals surface area contributed by atoms with Crippen LogP contribution in [0.5, 0.6) is 0 Å². The molecule has 0 unspecified atom stereocenters. The summed E-state index contributed by atoms with van der Waals surface area (Å²) in [6.45, 7) is 14.2. The standard InChI is InChI=1S/C22H35ClN4O2/c1-17(2)13-25(14-18(3)4)10-9-24-21(28)16-27-12-11-26(22(27)29)15-19-5-7-20(23)8-6-19/h5-8,17-18H,9-16H2,1-4H3,(H,24,28). The average molecular weight is 423 g/mol. The highest BCUT2D eigenvalue weighted by Gasteiger charge is 2.29. The van der Waals surface area contributed by atoms with Crippen LogP contribution in [-0.4, -0.2) is 72.5 Å². The maximum Gasteiger partial charge on any atom is 0.320 e. The second-order valence-corrected chi connectivity index (χ2v) is 9.09. The molecule has 1 aromatic rings. The molecule has 6 nitrogen and oxygen atoms in total. The number of nitrogens with zero attached hydrogens (tertiary/aromatic N) is 3. The SMILES string of the molecule is CC(C)CN(CCNC(=O)CN1CCN(Cc2ccc(Cl)cc2)C1=O)CC(C)C. The van der Waals surface area contributed by atoms with Gasteiger partial charge in [-0.05, 0) is 29.5 Å². The predicted molar refractivity (Wildman–Crippen MR) is 118 cm³/mol. The Bertz CT molecular complexity index is 653. The van der Waals surface area contributed by atoms with Crippen molar-refractivity contribution in [1.29, 1.82) is 0 Å². The Kier molecular flexibility index (Phi) is 9.24. The van der Waals surface area contributed by atoms with E-state index in [0.29, 0.717) is 43.0 Å². The minimum atomic E-state index is -0.0965. The van der Waals surface area contributed by atoms with Crippen LogP contribution in [0.1, 0.15) is 33.3 Å². The molecule has 0 aromatic heterocycles. The Morgan fingerprint density at radius 3 is 2.24 bits per heavy atom. The smallest absolute Gasteiger partial charge is 0.320 e. The van der Waals surface area contributed by atoms with E-state index < -0.39 is 0 Å². The third-order valence-electron chi connectivity index (χ3n) is 4.80. The molecule has 0 radical (unpaired) electrons. The van der Waals surface area contributed by atoms with E-state index in [9.17, 15) is 9.59 Å². The number of carbonyl (C=O) groups excluding carboxylic acids is 2. The summed E-state index contributed by atoms with van der Waals surface area (Å²) in [4.78, 5) is 30.7. The van der Waals surface area contributed by atoms with Crippen molar-refractivity contribution < 1.29 is 9.59 Å². The zero-order chi connectivity index (χ0) is 21.4. The van der Waals surface area contributed by atoms with Gasteiger partial charge < -0.3 is 20.0 Å². The maximum absolute atomic E-state index is 12.6. The van der Waals surface area contributed by atoms with Crippen LogP contribution < -0.4 is 5.32 Å². The van der Waals surface area contributed by atoms with Gasteiger partial charge in [-0.25, -0.2) is 4.79 Å². The van der Waals surface area contributed by atoms with Crippen LogP contribution >= 0.6 is 11.6 Å². The van der Waals surface area contributed by atoms with Crippen LogP contribution in [0.2, 0.25) is 5.02 Å². The van der Waals surface area contributed by atoms with Gasteiger partial charge in [0, 0.05) is 50.8 Å². The Hall–Kier alpha value is -1.79. The molecule has 0 bridgehead atoms. The highest BCUT2D eigenvalue weighted by atomic mass is 35.5. The fourth-order valence-corrected chi connectivity index (χ4v) is 3.73. The fraction of sp³-hybridized carbons (Fsp3) is 0.636. The Morgan fingerprint density at radius 1 is 1.07 bits per heavy atom. The molecule has 3 amide bonds. The van der Waals surface area contributed by atoms with E-state index in [1.165, 1.54) is 0 Å². The lowest BCUT2D eigenvalue weighted by molar-refractivity contribution is -0.121. The molecule has 1 N–H and O–H groups in total. The molecule has 1 saturated heterocycles. The lowest BCUT2D eigenvalue weighted by Crippen LogP contribution is -2.43. The molecule has 2 rings (SSSR count). The van der Waals surface area contributed by atoms with Crippen LogP contribution in [0.4, 0.5) is 4.79 Å². The number of carbonyl (C=O) groups is 2. The van der Waals surface area contributed by atoms with E-state index in [-0.39, 0.29) is 18.5 Å². The molecule has 29 heavy (non-hydrogen) atoms. The minimum Gasteiger partial charge on any atom is -0.353 e. The molecule has 0 atom stereocenters. The van der Waals surface area contributed by atoms with E-state index in [1.807, 2.05) is 24.3 Å². The zero-order valence-electron chi connectivity index (χ0n) is 18.2. The highest BCUT2D eigenvalue weighted by molar-refractivity contribution is 6.30. The Balaban J connectivity index is 1.74. The predicted octanol–water partition coefficient (Wildman–Crippen LogP) is 3.31. The normalized spacial score (nSPS) is 14.6. The zero-order valence-corrected chi connectivity index (χ0v) is 18.9. The quantitative estimate of drug-likeness (QED) is 0.595. The second kappa shape index (κ2) is 11.4. The van der Waals surface area contributed by atoms with Gasteiger partial charge in [0.25, 0.3) is 0 Å². The number of benzene rings is 1. The molecule has 0 saturated carbocycles. The fourth-order valence-electron chi connectivity index (χ4n) is 3.61. The van der Waals surface area contributed by atoms with Crippen molar-refractivity contribution in [3.63, 3.8) is 0 Å². The molecule has 0 aliphatic carbocycles. The molecule has 0 spiro atoms. The summed E-state index contributed by atoms with van der Waals surface area (Å²) in [5.41, 5.74) is 1.03. The van der Waals surface area contributed by atoms with Gasteiger partial charge >= 0.3 is 6.03 Å². The summed E-state index contributed by atoms with van der Waals surface area (Å²) < 4.78 is 0. The molecule has 7 heteroatoms. The summed E-state index contributed by atoms with van der Waals surface area (Å²) in [6.07, 6.45) is 0. The Morgan fingerprint density at radius 2 is 1.66 bits per heavy atom. The topological polar surface area (TPSA) is 55.9 Å². The van der Waals surface area contributed by atoms with Crippen molar-refractivity contribution in [2.75, 3.05) is 45.8 Å². The first-order chi connectivity index (χ1) is 13.7. The molecule has 1 aliphatic heterocycles. The van der Waals surface area contributed by atoms with Crippen LogP contribution in [0.3, 0.4) is 0 Å². The molecular formula is C22H35ClN4O2. The van der Waals surface area contributed by atoms with Gasteiger partial charge in [-0.1, -0.05) is 51.4 Å². The lowest BCUT2D eigenvalue weighted by atomic mass is 10.1. The van der Waals surface area contributed by atoms with Gasteiger partial charge in [0.05, 0.1) is 0 Å². The van der Waals surface area contributed by atoms with Crippen molar-refractivity contribution in [1.82, 2.24) is 20.0 Å². The number of nitrogens with one attached hydrogen (secondary N) is 1. The largest absolute Gasteiger partial charge is 0.353 e. The molecule has 1 aliphatic rings. The van der Waals surface area contributed by atoms with Crippen molar-refractivity contribution in [2.24, 2.45) is 11.8 Å². The maximum atomic E-state index is 12.6. The van der Waals surface area contributed by atoms with Crippen LogP contribution in [0.15, 0.2) is 24.3 Å². The first kappa shape index (κ1) is 23.5. The molecule has 1 heterocycles. The third-order valence-corrected chi connectivity index (χ3v) is 5.05. The van der Waals surface area contributed by atoms with Crippen LogP contribution in [0, 0.1) is 11.8 Å². The van der Waals surface area contributed by atoms with Gasteiger partial charge in [0.2, 0.25) is 5.91 Å². The molecule has 1 aromatic carbocycles. The number of hydrogen-bond acceptors (Lipinski definition) is 3. The van der Waals surface area contributed by atoms with Gasteiger partial charge in [-0.3, -0.25) is 4.79 Å². The summed E-state index contributed by atoms with van der Waals surface area (Å²) in [5.74, 6) is 1.09.